The Morgan fingerprint density at radius 2 is 2.10 bits per heavy atom. The third kappa shape index (κ3) is 4.33. The van der Waals surface area contributed by atoms with Crippen LogP contribution in [0.25, 0.3) is 10.9 Å². The SMILES string of the molecule is CC(C)C(O)CC(=O)NCCCc1c[nH]c2ccccc12. The largest absolute Gasteiger partial charge is 0.392 e. The first-order chi connectivity index (χ1) is 10.1. The maximum Gasteiger partial charge on any atom is 0.222 e. The van der Waals surface area contributed by atoms with Crippen molar-refractivity contribution in [2.24, 2.45) is 5.92 Å². The lowest BCUT2D eigenvalue weighted by atomic mass is 10.0. The Bertz CT molecular complexity index is 589. The maximum atomic E-state index is 11.7. The van der Waals surface area contributed by atoms with Crippen molar-refractivity contribution < 1.29 is 9.90 Å². The van der Waals surface area contributed by atoms with Crippen LogP contribution in [-0.2, 0) is 11.2 Å². The van der Waals surface area contributed by atoms with E-state index in [9.17, 15) is 9.90 Å². The molecule has 0 spiro atoms. The van der Waals surface area contributed by atoms with E-state index in [1.165, 1.54) is 10.9 Å². The predicted octanol–water partition coefficient (Wildman–Crippen LogP) is 2.62. The van der Waals surface area contributed by atoms with Crippen LogP contribution in [0.2, 0.25) is 0 Å². The number of aromatic amines is 1. The van der Waals surface area contributed by atoms with Crippen LogP contribution >= 0.6 is 0 Å². The first kappa shape index (κ1) is 15.6. The van der Waals surface area contributed by atoms with Gasteiger partial charge in [0.25, 0.3) is 0 Å². The summed E-state index contributed by atoms with van der Waals surface area (Å²) < 4.78 is 0. The van der Waals surface area contributed by atoms with Crippen molar-refractivity contribution in [3.63, 3.8) is 0 Å². The molecule has 1 aromatic carbocycles. The van der Waals surface area contributed by atoms with Gasteiger partial charge in [0, 0.05) is 23.6 Å². The van der Waals surface area contributed by atoms with Crippen molar-refractivity contribution in [3.05, 3.63) is 36.0 Å². The zero-order valence-corrected chi connectivity index (χ0v) is 12.7. The number of aryl methyl sites for hydroxylation is 1. The number of carbonyl (C=O) groups is 1. The van der Waals surface area contributed by atoms with Gasteiger partial charge >= 0.3 is 0 Å². The Morgan fingerprint density at radius 3 is 2.86 bits per heavy atom. The molecule has 2 aromatic rings. The molecule has 0 saturated carbocycles. The highest BCUT2D eigenvalue weighted by atomic mass is 16.3. The molecule has 1 aromatic heterocycles. The molecule has 0 saturated heterocycles. The molecule has 1 atom stereocenters. The van der Waals surface area contributed by atoms with Gasteiger partial charge in [0.15, 0.2) is 0 Å². The van der Waals surface area contributed by atoms with Crippen LogP contribution in [-0.4, -0.2) is 28.6 Å². The van der Waals surface area contributed by atoms with Crippen LogP contribution in [0, 0.1) is 5.92 Å². The molecule has 0 radical (unpaired) electrons. The van der Waals surface area contributed by atoms with E-state index < -0.39 is 6.10 Å². The molecule has 114 valence electrons. The molecular weight excluding hydrogens is 264 g/mol. The summed E-state index contributed by atoms with van der Waals surface area (Å²) in [4.78, 5) is 14.9. The average molecular weight is 288 g/mol. The number of amides is 1. The number of benzene rings is 1. The summed E-state index contributed by atoms with van der Waals surface area (Å²) in [5.41, 5.74) is 2.43. The molecule has 2 rings (SSSR count). The third-order valence-electron chi connectivity index (χ3n) is 3.78. The van der Waals surface area contributed by atoms with E-state index in [4.69, 9.17) is 0 Å². The lowest BCUT2D eigenvalue weighted by Crippen LogP contribution is -2.30. The van der Waals surface area contributed by atoms with E-state index in [2.05, 4.69) is 22.4 Å². The van der Waals surface area contributed by atoms with Crippen molar-refractivity contribution in [1.29, 1.82) is 0 Å². The molecule has 1 heterocycles. The lowest BCUT2D eigenvalue weighted by molar-refractivity contribution is -0.123. The molecule has 0 aliphatic heterocycles. The fourth-order valence-corrected chi connectivity index (χ4v) is 2.34. The standard InChI is InChI=1S/C17H24N2O2/c1-12(2)16(20)10-17(21)18-9-5-6-13-11-19-15-8-4-3-7-14(13)15/h3-4,7-8,11-12,16,19-20H,5-6,9-10H2,1-2H3,(H,18,21). The first-order valence-corrected chi connectivity index (χ1v) is 7.57. The van der Waals surface area contributed by atoms with Gasteiger partial charge in [-0.25, -0.2) is 0 Å². The van der Waals surface area contributed by atoms with Crippen LogP contribution < -0.4 is 5.32 Å². The van der Waals surface area contributed by atoms with Crippen molar-refractivity contribution in [3.8, 4) is 0 Å². The molecule has 4 nitrogen and oxygen atoms in total. The first-order valence-electron chi connectivity index (χ1n) is 7.57. The van der Waals surface area contributed by atoms with Crippen LogP contribution in [0.5, 0.6) is 0 Å². The van der Waals surface area contributed by atoms with Crippen molar-refractivity contribution >= 4 is 16.8 Å². The van der Waals surface area contributed by atoms with Crippen molar-refractivity contribution in [2.75, 3.05) is 6.54 Å². The molecule has 1 unspecified atom stereocenters. The predicted molar refractivity (Wildman–Crippen MR) is 85.1 cm³/mol. The fraction of sp³-hybridized carbons (Fsp3) is 0.471. The van der Waals surface area contributed by atoms with Crippen LogP contribution in [0.4, 0.5) is 0 Å². The van der Waals surface area contributed by atoms with Gasteiger partial charge in [-0.2, -0.15) is 0 Å². The number of aliphatic hydroxyl groups is 1. The Morgan fingerprint density at radius 1 is 1.33 bits per heavy atom. The second kappa shape index (κ2) is 7.27. The molecule has 0 fully saturated rings. The van der Waals surface area contributed by atoms with Gasteiger partial charge in [-0.15, -0.1) is 0 Å². The van der Waals surface area contributed by atoms with E-state index in [-0.39, 0.29) is 18.2 Å². The number of H-pyrrole nitrogens is 1. The van der Waals surface area contributed by atoms with Gasteiger partial charge in [0.05, 0.1) is 12.5 Å². The highest BCUT2D eigenvalue weighted by Gasteiger charge is 2.13. The summed E-state index contributed by atoms with van der Waals surface area (Å²) in [6.07, 6.45) is 3.49. The number of hydrogen-bond acceptors (Lipinski definition) is 2. The minimum atomic E-state index is -0.557. The Labute approximate surface area is 125 Å². The normalized spacial score (nSPS) is 12.8. The molecule has 4 heteroatoms. The van der Waals surface area contributed by atoms with Gasteiger partial charge < -0.3 is 15.4 Å². The van der Waals surface area contributed by atoms with E-state index in [0.29, 0.717) is 6.54 Å². The quantitative estimate of drug-likeness (QED) is 0.686. The van der Waals surface area contributed by atoms with E-state index >= 15 is 0 Å². The third-order valence-corrected chi connectivity index (χ3v) is 3.78. The maximum absolute atomic E-state index is 11.7. The molecule has 0 aliphatic carbocycles. The van der Waals surface area contributed by atoms with Gasteiger partial charge in [-0.05, 0) is 30.4 Å². The number of hydrogen-bond donors (Lipinski definition) is 3. The topological polar surface area (TPSA) is 65.1 Å². The summed E-state index contributed by atoms with van der Waals surface area (Å²) in [6.45, 7) is 4.47. The van der Waals surface area contributed by atoms with E-state index in [0.717, 1.165) is 18.4 Å². The lowest BCUT2D eigenvalue weighted by Gasteiger charge is -2.13. The van der Waals surface area contributed by atoms with E-state index in [1.807, 2.05) is 32.2 Å². The van der Waals surface area contributed by atoms with Crippen LogP contribution in [0.15, 0.2) is 30.5 Å². The molecule has 3 N–H and O–H groups in total. The van der Waals surface area contributed by atoms with Gasteiger partial charge in [-0.1, -0.05) is 32.0 Å². The smallest absolute Gasteiger partial charge is 0.222 e. The summed E-state index contributed by atoms with van der Waals surface area (Å²) >= 11 is 0. The second-order valence-corrected chi connectivity index (χ2v) is 5.83. The molecule has 1 amide bonds. The Balaban J connectivity index is 1.74. The number of rotatable bonds is 7. The summed E-state index contributed by atoms with van der Waals surface area (Å²) in [6, 6.07) is 8.23. The minimum Gasteiger partial charge on any atom is -0.392 e. The number of aliphatic hydroxyl groups excluding tert-OH is 1. The number of nitrogens with one attached hydrogen (secondary N) is 2. The summed E-state index contributed by atoms with van der Waals surface area (Å²) in [5.74, 6) is 0.0390. The highest BCUT2D eigenvalue weighted by molar-refractivity contribution is 5.83. The Hall–Kier alpha value is -1.81. The fourth-order valence-electron chi connectivity index (χ4n) is 2.34. The number of para-hydroxylation sites is 1. The van der Waals surface area contributed by atoms with Crippen LogP contribution in [0.1, 0.15) is 32.3 Å². The van der Waals surface area contributed by atoms with Crippen LogP contribution in [0.3, 0.4) is 0 Å². The number of fused-ring (bicyclic) bond motifs is 1. The van der Waals surface area contributed by atoms with Gasteiger partial charge in [0.2, 0.25) is 5.91 Å². The number of aromatic nitrogens is 1. The molecule has 21 heavy (non-hydrogen) atoms. The number of carbonyl (C=O) groups excluding carboxylic acids is 1. The van der Waals surface area contributed by atoms with Crippen molar-refractivity contribution in [1.82, 2.24) is 10.3 Å². The van der Waals surface area contributed by atoms with E-state index in [1.54, 1.807) is 0 Å². The highest BCUT2D eigenvalue weighted by Crippen LogP contribution is 2.18. The van der Waals surface area contributed by atoms with Gasteiger partial charge in [-0.3, -0.25) is 4.79 Å². The molecule has 0 aliphatic rings. The average Bonchev–Trinajstić information content (AvgIpc) is 2.87. The zero-order valence-electron chi connectivity index (χ0n) is 12.7. The zero-order chi connectivity index (χ0) is 15.2. The van der Waals surface area contributed by atoms with Gasteiger partial charge in [0.1, 0.15) is 0 Å². The second-order valence-electron chi connectivity index (χ2n) is 5.83. The Kier molecular flexibility index (Phi) is 5.39. The summed E-state index contributed by atoms with van der Waals surface area (Å²) in [7, 11) is 0. The molecular formula is C17H24N2O2. The minimum absolute atomic E-state index is 0.0740. The molecule has 0 bridgehead atoms. The monoisotopic (exact) mass is 288 g/mol. The summed E-state index contributed by atoms with van der Waals surface area (Å²) in [5, 5.41) is 13.8. The van der Waals surface area contributed by atoms with Crippen molar-refractivity contribution in [2.45, 2.75) is 39.2 Å².